The van der Waals surface area contributed by atoms with Gasteiger partial charge in [0.2, 0.25) is 11.8 Å². The van der Waals surface area contributed by atoms with Crippen molar-refractivity contribution in [1.29, 1.82) is 0 Å². The first-order valence-electron chi connectivity index (χ1n) is 12.1. The van der Waals surface area contributed by atoms with Gasteiger partial charge >= 0.3 is 5.97 Å². The number of carboxylic acids is 1. The Morgan fingerprint density at radius 2 is 1.58 bits per heavy atom. The molecule has 0 aliphatic heterocycles. The van der Waals surface area contributed by atoms with Crippen LogP contribution in [0.5, 0.6) is 0 Å². The molecule has 1 aliphatic rings. The molecule has 2 atom stereocenters. The zero-order valence-electron chi connectivity index (χ0n) is 19.9. The number of benzene rings is 2. The van der Waals surface area contributed by atoms with Gasteiger partial charge in [0.05, 0.1) is 5.25 Å². The first-order chi connectivity index (χ1) is 17.4. The highest BCUT2D eigenvalue weighted by Crippen LogP contribution is 2.31. The molecule has 2 aromatic carbocycles. The number of carboxylic acid groups (broad SMARTS) is 1. The number of nitrogens with one attached hydrogen (secondary N) is 2. The van der Waals surface area contributed by atoms with Gasteiger partial charge in [0.25, 0.3) is 0 Å². The normalized spacial score (nSPS) is 16.1. The highest BCUT2D eigenvalue weighted by atomic mass is 32.1. The summed E-state index contributed by atoms with van der Waals surface area (Å²) < 4.78 is 0. The molecule has 3 aromatic rings. The third-order valence-corrected chi connectivity index (χ3v) is 7.97. The van der Waals surface area contributed by atoms with Crippen molar-refractivity contribution in [1.82, 2.24) is 10.6 Å². The van der Waals surface area contributed by atoms with E-state index in [1.54, 1.807) is 0 Å². The molecule has 1 unspecified atom stereocenters. The summed E-state index contributed by atoms with van der Waals surface area (Å²) in [6.07, 6.45) is 3.12. The van der Waals surface area contributed by atoms with Gasteiger partial charge in [-0.15, -0.1) is 11.3 Å². The maximum absolute atomic E-state index is 13.4. The van der Waals surface area contributed by atoms with Crippen molar-refractivity contribution in [3.8, 4) is 11.1 Å². The highest BCUT2D eigenvalue weighted by Gasteiger charge is 2.44. The smallest absolute Gasteiger partial charge is 0.326 e. The van der Waals surface area contributed by atoms with Gasteiger partial charge in [-0.2, -0.15) is 12.6 Å². The molecule has 2 amide bonds. The topological polar surface area (TPSA) is 95.5 Å². The second kappa shape index (κ2) is 11.8. The fourth-order valence-electron chi connectivity index (χ4n) is 4.60. The lowest BCUT2D eigenvalue weighted by atomic mass is 9.94. The minimum Gasteiger partial charge on any atom is -0.480 e. The number of carbonyl (C=O) groups is 3. The van der Waals surface area contributed by atoms with E-state index in [1.165, 1.54) is 11.3 Å². The lowest BCUT2D eigenvalue weighted by molar-refractivity contribution is -0.143. The lowest BCUT2D eigenvalue weighted by Gasteiger charge is -2.31. The minimum atomic E-state index is -1.12. The van der Waals surface area contributed by atoms with Crippen LogP contribution in [0, 0.1) is 0 Å². The number of amides is 2. The van der Waals surface area contributed by atoms with E-state index in [2.05, 4.69) is 23.3 Å². The number of hydrogen-bond acceptors (Lipinski definition) is 5. The monoisotopic (exact) mass is 522 g/mol. The van der Waals surface area contributed by atoms with E-state index in [0.717, 1.165) is 34.4 Å². The molecule has 6 nitrogen and oxygen atoms in total. The maximum Gasteiger partial charge on any atom is 0.326 e. The van der Waals surface area contributed by atoms with Crippen molar-refractivity contribution in [2.24, 2.45) is 0 Å². The number of carbonyl (C=O) groups excluding carboxylic acids is 2. The summed E-state index contributed by atoms with van der Waals surface area (Å²) >= 11 is 5.95. The molecule has 4 rings (SSSR count). The Balaban J connectivity index is 1.42. The van der Waals surface area contributed by atoms with Crippen molar-refractivity contribution in [3.05, 3.63) is 82.6 Å². The summed E-state index contributed by atoms with van der Waals surface area (Å²) in [5.41, 5.74) is 1.94. The Morgan fingerprint density at radius 3 is 2.22 bits per heavy atom. The SMILES string of the molecule is O=C(O)C(Cc1cc(-c2ccccc2)cs1)NC(=O)C1(NC(=O)[C@@H](S)Cc2ccccc2)CCCC1. The average molecular weight is 523 g/mol. The summed E-state index contributed by atoms with van der Waals surface area (Å²) in [6.45, 7) is 0. The predicted octanol–water partition coefficient (Wildman–Crippen LogP) is 4.50. The second-order valence-electron chi connectivity index (χ2n) is 9.22. The van der Waals surface area contributed by atoms with E-state index < -0.39 is 28.7 Å². The highest BCUT2D eigenvalue weighted by molar-refractivity contribution is 7.81. The predicted molar refractivity (Wildman–Crippen MR) is 145 cm³/mol. The molecular formula is C28H30N2O4S2. The molecule has 1 saturated carbocycles. The Bertz CT molecular complexity index is 1190. The van der Waals surface area contributed by atoms with E-state index in [1.807, 2.05) is 72.1 Å². The Kier molecular flexibility index (Phi) is 8.48. The number of thiophene rings is 1. The first kappa shape index (κ1) is 26.0. The molecule has 8 heteroatoms. The molecule has 1 aliphatic carbocycles. The van der Waals surface area contributed by atoms with E-state index in [4.69, 9.17) is 0 Å². The van der Waals surface area contributed by atoms with Crippen LogP contribution in [0.3, 0.4) is 0 Å². The average Bonchev–Trinajstić information content (AvgIpc) is 3.55. The van der Waals surface area contributed by atoms with Crippen molar-refractivity contribution < 1.29 is 19.5 Å². The first-order valence-corrected chi connectivity index (χ1v) is 13.5. The van der Waals surface area contributed by atoms with Crippen LogP contribution in [0.15, 0.2) is 72.1 Å². The summed E-state index contributed by atoms with van der Waals surface area (Å²) in [6, 6.07) is 20.3. The molecule has 36 heavy (non-hydrogen) atoms. The molecule has 1 heterocycles. The molecule has 0 radical (unpaired) electrons. The Labute approximate surface area is 220 Å². The zero-order valence-corrected chi connectivity index (χ0v) is 21.6. The van der Waals surface area contributed by atoms with Gasteiger partial charge in [-0.05, 0) is 47.4 Å². The van der Waals surface area contributed by atoms with Gasteiger partial charge in [-0.1, -0.05) is 73.5 Å². The fourth-order valence-corrected chi connectivity index (χ4v) is 5.82. The molecule has 1 aromatic heterocycles. The molecular weight excluding hydrogens is 492 g/mol. The largest absolute Gasteiger partial charge is 0.480 e. The quantitative estimate of drug-likeness (QED) is 0.295. The van der Waals surface area contributed by atoms with E-state index in [0.29, 0.717) is 19.3 Å². The maximum atomic E-state index is 13.4. The molecule has 0 spiro atoms. The molecule has 0 bridgehead atoms. The minimum absolute atomic E-state index is 0.172. The van der Waals surface area contributed by atoms with Crippen LogP contribution >= 0.6 is 24.0 Å². The van der Waals surface area contributed by atoms with E-state index in [9.17, 15) is 19.5 Å². The van der Waals surface area contributed by atoms with Gasteiger partial charge in [-0.3, -0.25) is 9.59 Å². The van der Waals surface area contributed by atoms with Crippen LogP contribution in [0.2, 0.25) is 0 Å². The molecule has 0 saturated heterocycles. The summed E-state index contributed by atoms with van der Waals surface area (Å²) in [5.74, 6) is -1.87. The van der Waals surface area contributed by atoms with Crippen LogP contribution < -0.4 is 10.6 Å². The van der Waals surface area contributed by atoms with Crippen LogP contribution in [0.1, 0.15) is 36.1 Å². The number of aliphatic carboxylic acids is 1. The second-order valence-corrected chi connectivity index (χ2v) is 10.8. The Morgan fingerprint density at radius 1 is 0.944 bits per heavy atom. The molecule has 3 N–H and O–H groups in total. The van der Waals surface area contributed by atoms with Crippen molar-refractivity contribution in [2.45, 2.75) is 55.4 Å². The summed E-state index contributed by atoms with van der Waals surface area (Å²) in [4.78, 5) is 39.3. The summed E-state index contributed by atoms with van der Waals surface area (Å²) in [5, 5.41) is 16.9. The van der Waals surface area contributed by atoms with E-state index >= 15 is 0 Å². The van der Waals surface area contributed by atoms with Crippen LogP contribution in [0.25, 0.3) is 11.1 Å². The lowest BCUT2D eigenvalue weighted by Crippen LogP contribution is -2.61. The van der Waals surface area contributed by atoms with Gasteiger partial charge in [0, 0.05) is 11.3 Å². The third kappa shape index (κ3) is 6.36. The number of rotatable bonds is 10. The van der Waals surface area contributed by atoms with Crippen molar-refractivity contribution in [2.75, 3.05) is 0 Å². The third-order valence-electron chi connectivity index (χ3n) is 6.60. The van der Waals surface area contributed by atoms with Crippen LogP contribution in [-0.4, -0.2) is 39.7 Å². The van der Waals surface area contributed by atoms with Gasteiger partial charge in [-0.25, -0.2) is 4.79 Å². The molecule has 1 fully saturated rings. The van der Waals surface area contributed by atoms with Gasteiger partial charge < -0.3 is 15.7 Å². The van der Waals surface area contributed by atoms with E-state index in [-0.39, 0.29) is 12.3 Å². The van der Waals surface area contributed by atoms with Crippen molar-refractivity contribution in [3.63, 3.8) is 0 Å². The summed E-state index contributed by atoms with van der Waals surface area (Å²) in [7, 11) is 0. The number of hydrogen-bond donors (Lipinski definition) is 4. The molecule has 188 valence electrons. The van der Waals surface area contributed by atoms with Gasteiger partial charge in [0.15, 0.2) is 0 Å². The standard InChI is InChI=1S/C28H30N2O4S2/c31-25(24(35)15-19-9-3-1-4-10-19)30-28(13-7-8-14-28)27(34)29-23(26(32)33)17-22-16-21(18-36-22)20-11-5-2-6-12-20/h1-6,9-12,16,18,23-24,35H,7-8,13-15,17H2,(H,29,34)(H,30,31)(H,32,33)/t23?,24-/m0/s1. The zero-order chi connectivity index (χ0) is 25.5. The fraction of sp³-hybridized carbons (Fsp3) is 0.321. The van der Waals surface area contributed by atoms with Crippen LogP contribution in [-0.2, 0) is 27.2 Å². The van der Waals surface area contributed by atoms with Crippen molar-refractivity contribution >= 4 is 41.7 Å². The van der Waals surface area contributed by atoms with Gasteiger partial charge in [0.1, 0.15) is 11.6 Å². The van der Waals surface area contributed by atoms with Crippen LogP contribution in [0.4, 0.5) is 0 Å². The number of thiol groups is 1. The Hall–Kier alpha value is -3.10.